The van der Waals surface area contributed by atoms with Crippen LogP contribution in [0.5, 0.6) is 0 Å². The number of nitrogens with zero attached hydrogens (tertiary/aromatic N) is 2. The first-order valence-corrected chi connectivity index (χ1v) is 11.7. The second-order valence-electron chi connectivity index (χ2n) is 7.10. The third-order valence-corrected chi connectivity index (χ3v) is 6.15. The van der Waals surface area contributed by atoms with Gasteiger partial charge in [-0.05, 0) is 60.1 Å². The zero-order chi connectivity index (χ0) is 23.8. The molecule has 0 bridgehead atoms. The average Bonchev–Trinajstić information content (AvgIpc) is 2.79. The first-order chi connectivity index (χ1) is 15.3. The van der Waals surface area contributed by atoms with Gasteiger partial charge >= 0.3 is 8.25 Å². The van der Waals surface area contributed by atoms with Crippen molar-refractivity contribution in [1.82, 2.24) is 0 Å². The minimum Gasteiger partial charge on any atom is -0.258 e. The van der Waals surface area contributed by atoms with Crippen LogP contribution < -0.4 is 0 Å². The predicted molar refractivity (Wildman–Crippen MR) is 121 cm³/mol. The molecule has 0 aliphatic rings. The van der Waals surface area contributed by atoms with Crippen LogP contribution in [0.15, 0.2) is 24.3 Å². The minimum atomic E-state index is -2.45. The van der Waals surface area contributed by atoms with Gasteiger partial charge in [0.05, 0.1) is 9.85 Å². The van der Waals surface area contributed by atoms with Crippen molar-refractivity contribution < 1.29 is 23.5 Å². The van der Waals surface area contributed by atoms with Crippen molar-refractivity contribution in [3.8, 4) is 0 Å². The van der Waals surface area contributed by atoms with Crippen molar-refractivity contribution >= 4 is 19.6 Å². The van der Waals surface area contributed by atoms with E-state index in [1.165, 1.54) is 12.1 Å². The van der Waals surface area contributed by atoms with Crippen LogP contribution in [0.4, 0.5) is 11.4 Å². The molecule has 0 fully saturated rings. The Bertz CT molecular complexity index is 944. The second-order valence-corrected chi connectivity index (χ2v) is 8.06. The Morgan fingerprint density at radius 2 is 1.03 bits per heavy atom. The predicted octanol–water partition coefficient (Wildman–Crippen LogP) is 6.14. The van der Waals surface area contributed by atoms with E-state index in [0.717, 1.165) is 22.3 Å². The fourth-order valence-electron chi connectivity index (χ4n) is 4.02. The molecular weight excluding hydrogens is 435 g/mol. The van der Waals surface area contributed by atoms with Crippen molar-refractivity contribution in [1.29, 1.82) is 0 Å². The molecule has 0 aliphatic heterocycles. The number of rotatable bonds is 12. The Morgan fingerprint density at radius 3 is 1.31 bits per heavy atom. The lowest BCUT2D eigenvalue weighted by molar-refractivity contribution is -0.385. The minimum absolute atomic E-state index is 0.00444. The number of nitro groups is 2. The van der Waals surface area contributed by atoms with Crippen molar-refractivity contribution in [3.05, 3.63) is 77.9 Å². The fraction of sp³-hybridized carbons (Fsp3) is 0.455. The molecule has 2 aromatic rings. The third kappa shape index (κ3) is 5.73. The Kier molecular flexibility index (Phi) is 9.38. The van der Waals surface area contributed by atoms with E-state index < -0.39 is 18.1 Å². The maximum atomic E-state index is 12.3. The van der Waals surface area contributed by atoms with Gasteiger partial charge in [-0.15, -0.1) is 9.05 Å². The van der Waals surface area contributed by atoms with E-state index in [-0.39, 0.29) is 24.6 Å². The van der Waals surface area contributed by atoms with E-state index in [9.17, 15) is 24.8 Å². The highest BCUT2D eigenvalue weighted by Crippen LogP contribution is 2.33. The Morgan fingerprint density at radius 1 is 0.688 bits per heavy atom. The maximum absolute atomic E-state index is 12.3. The molecule has 0 saturated carbocycles. The van der Waals surface area contributed by atoms with Gasteiger partial charge < -0.3 is 0 Å². The summed E-state index contributed by atoms with van der Waals surface area (Å²) in [5.74, 6) is 0. The topological polar surface area (TPSA) is 122 Å². The molecule has 2 rings (SSSR count). The van der Waals surface area contributed by atoms with Crippen LogP contribution in [0.2, 0.25) is 0 Å². The van der Waals surface area contributed by atoms with Crippen molar-refractivity contribution in [2.75, 3.05) is 0 Å². The molecule has 0 unspecified atom stereocenters. The second kappa shape index (κ2) is 11.8. The summed E-state index contributed by atoms with van der Waals surface area (Å²) in [6, 6.07) is 6.14. The van der Waals surface area contributed by atoms with E-state index in [1.54, 1.807) is 12.1 Å². The molecule has 0 saturated heterocycles. The molecule has 10 heteroatoms. The summed E-state index contributed by atoms with van der Waals surface area (Å²) in [6.45, 7) is 7.54. The van der Waals surface area contributed by atoms with Crippen LogP contribution in [0.25, 0.3) is 0 Å². The fourth-order valence-corrected chi connectivity index (χ4v) is 4.59. The smallest absolute Gasteiger partial charge is 0.258 e. The van der Waals surface area contributed by atoms with Crippen LogP contribution in [0, 0.1) is 20.2 Å². The highest BCUT2D eigenvalue weighted by molar-refractivity contribution is 7.33. The number of benzene rings is 2. The zero-order valence-electron chi connectivity index (χ0n) is 18.8. The van der Waals surface area contributed by atoms with Crippen LogP contribution in [0.1, 0.15) is 61.1 Å². The summed E-state index contributed by atoms with van der Waals surface area (Å²) >= 11 is 0. The van der Waals surface area contributed by atoms with E-state index in [1.807, 2.05) is 27.7 Å². The molecule has 0 aromatic heterocycles. The van der Waals surface area contributed by atoms with E-state index in [4.69, 9.17) is 9.05 Å². The van der Waals surface area contributed by atoms with E-state index in [0.29, 0.717) is 36.8 Å². The molecule has 32 heavy (non-hydrogen) atoms. The van der Waals surface area contributed by atoms with E-state index in [2.05, 4.69) is 0 Å². The summed E-state index contributed by atoms with van der Waals surface area (Å²) in [5.41, 5.74) is 4.57. The zero-order valence-corrected chi connectivity index (χ0v) is 19.6. The Balaban J connectivity index is 2.12. The normalized spacial score (nSPS) is 10.9. The van der Waals surface area contributed by atoms with Crippen LogP contribution in [-0.4, -0.2) is 9.85 Å². The van der Waals surface area contributed by atoms with Gasteiger partial charge in [0.25, 0.3) is 11.4 Å². The number of hydrogen-bond acceptors (Lipinski definition) is 7. The molecule has 172 valence electrons. The summed E-state index contributed by atoms with van der Waals surface area (Å²) in [6.07, 6.45) is 2.19. The van der Waals surface area contributed by atoms with Gasteiger partial charge in [0.2, 0.25) is 0 Å². The molecular formula is C22H28N2O7P+. The monoisotopic (exact) mass is 463 g/mol. The summed E-state index contributed by atoms with van der Waals surface area (Å²) < 4.78 is 23.1. The molecule has 0 aliphatic carbocycles. The van der Waals surface area contributed by atoms with Gasteiger partial charge in [-0.2, -0.15) is 0 Å². The standard InChI is InChI=1S/C22H28N2O7P/c1-5-17-15(9-11-21(23(25)26)19(17)7-3)13-30-32(29)31-14-16-10-12-22(24(27)28)20(8-4)18(16)6-2/h9-12H,5-8,13-14H2,1-4H3/q+1. The average molecular weight is 463 g/mol. The van der Waals surface area contributed by atoms with Crippen molar-refractivity contribution in [2.24, 2.45) is 0 Å². The van der Waals surface area contributed by atoms with Crippen molar-refractivity contribution in [2.45, 2.75) is 66.6 Å². The van der Waals surface area contributed by atoms with E-state index >= 15 is 0 Å². The molecule has 0 spiro atoms. The van der Waals surface area contributed by atoms with Gasteiger partial charge in [-0.1, -0.05) is 27.7 Å². The lowest BCUT2D eigenvalue weighted by Gasteiger charge is -2.11. The van der Waals surface area contributed by atoms with Crippen LogP contribution >= 0.6 is 8.25 Å². The Labute approximate surface area is 188 Å². The highest BCUT2D eigenvalue weighted by Gasteiger charge is 2.26. The highest BCUT2D eigenvalue weighted by atomic mass is 31.1. The largest absolute Gasteiger partial charge is 0.698 e. The number of nitro benzene ring substituents is 2. The van der Waals surface area contributed by atoms with Gasteiger partial charge in [-0.3, -0.25) is 20.2 Å². The first-order valence-electron chi connectivity index (χ1n) is 10.6. The lowest BCUT2D eigenvalue weighted by Crippen LogP contribution is -2.05. The maximum Gasteiger partial charge on any atom is 0.698 e. The van der Waals surface area contributed by atoms with Gasteiger partial charge in [0.1, 0.15) is 13.2 Å². The lowest BCUT2D eigenvalue weighted by atomic mass is 9.96. The van der Waals surface area contributed by atoms with Crippen LogP contribution in [0.3, 0.4) is 0 Å². The number of hydrogen-bond donors (Lipinski definition) is 0. The summed E-state index contributed by atoms with van der Waals surface area (Å²) in [7, 11) is -2.45. The van der Waals surface area contributed by atoms with Gasteiger partial charge in [0.15, 0.2) is 0 Å². The van der Waals surface area contributed by atoms with Crippen molar-refractivity contribution in [3.63, 3.8) is 0 Å². The molecule has 0 heterocycles. The first kappa shape index (κ1) is 25.5. The summed E-state index contributed by atoms with van der Waals surface area (Å²) in [4.78, 5) is 21.8. The summed E-state index contributed by atoms with van der Waals surface area (Å²) in [5, 5.41) is 22.5. The molecule has 0 atom stereocenters. The van der Waals surface area contributed by atoms with Gasteiger partial charge in [0, 0.05) is 27.8 Å². The Hall–Kier alpha value is -2.74. The van der Waals surface area contributed by atoms with Gasteiger partial charge in [-0.25, -0.2) is 0 Å². The molecule has 0 N–H and O–H groups in total. The van der Waals surface area contributed by atoms with Crippen LogP contribution in [-0.2, 0) is 52.5 Å². The molecule has 0 amide bonds. The molecule has 0 radical (unpaired) electrons. The molecule has 9 nitrogen and oxygen atoms in total. The third-order valence-electron chi connectivity index (χ3n) is 5.47. The SMILES string of the molecule is CCc1c(CO[P+](=O)OCc2ccc([N+](=O)[O-])c(CC)c2CC)ccc([N+](=O)[O-])c1CC. The quantitative estimate of drug-likeness (QED) is 0.210. The molecule has 2 aromatic carbocycles.